The largest absolute Gasteiger partial charge is 0.338 e. The highest BCUT2D eigenvalue weighted by molar-refractivity contribution is 6.30. The molecule has 7 heteroatoms. The Kier molecular flexibility index (Phi) is 8.17. The van der Waals surface area contributed by atoms with Crippen LogP contribution in [0.1, 0.15) is 11.1 Å². The highest BCUT2D eigenvalue weighted by atomic mass is 35.5. The highest BCUT2D eigenvalue weighted by Crippen LogP contribution is 2.14. The van der Waals surface area contributed by atoms with E-state index in [1.165, 1.54) is 5.56 Å². The zero-order valence-corrected chi connectivity index (χ0v) is 19.7. The van der Waals surface area contributed by atoms with Crippen LogP contribution in [-0.2, 0) is 17.8 Å². The SMILES string of the molecule is O=C(Nc1ccc(Cl)cc1)NC(Cc1ccccc1)C(=O)N1CCN(Cc2ccccc2)CC1. The van der Waals surface area contributed by atoms with Gasteiger partial charge in [-0.25, -0.2) is 4.79 Å². The number of nitrogens with zero attached hydrogens (tertiary/aromatic N) is 2. The molecule has 0 aromatic heterocycles. The second-order valence-corrected chi connectivity index (χ2v) is 8.87. The van der Waals surface area contributed by atoms with Gasteiger partial charge in [0.25, 0.3) is 0 Å². The minimum Gasteiger partial charge on any atom is -0.338 e. The fourth-order valence-corrected chi connectivity index (χ4v) is 4.22. The predicted octanol–water partition coefficient (Wildman–Crippen LogP) is 4.42. The topological polar surface area (TPSA) is 64.7 Å². The molecule has 3 amide bonds. The molecule has 1 heterocycles. The van der Waals surface area contributed by atoms with E-state index in [9.17, 15) is 9.59 Å². The molecule has 176 valence electrons. The number of benzene rings is 3. The van der Waals surface area contributed by atoms with Crippen LogP contribution in [-0.4, -0.2) is 54.0 Å². The Labute approximate surface area is 205 Å². The summed E-state index contributed by atoms with van der Waals surface area (Å²) in [5.41, 5.74) is 2.88. The second-order valence-electron chi connectivity index (χ2n) is 8.43. The second kappa shape index (κ2) is 11.7. The number of rotatable bonds is 7. The van der Waals surface area contributed by atoms with Crippen molar-refractivity contribution in [1.82, 2.24) is 15.1 Å². The number of halogens is 1. The van der Waals surface area contributed by atoms with Crippen molar-refractivity contribution in [3.8, 4) is 0 Å². The number of carbonyl (C=O) groups is 2. The van der Waals surface area contributed by atoms with Crippen molar-refractivity contribution in [2.75, 3.05) is 31.5 Å². The molecule has 1 aliphatic rings. The molecule has 34 heavy (non-hydrogen) atoms. The average Bonchev–Trinajstić information content (AvgIpc) is 2.86. The van der Waals surface area contributed by atoms with Crippen molar-refractivity contribution < 1.29 is 9.59 Å². The quantitative estimate of drug-likeness (QED) is 0.530. The van der Waals surface area contributed by atoms with Crippen molar-refractivity contribution in [3.63, 3.8) is 0 Å². The lowest BCUT2D eigenvalue weighted by molar-refractivity contribution is -0.135. The zero-order chi connectivity index (χ0) is 23.8. The Bertz CT molecular complexity index is 1070. The first-order valence-corrected chi connectivity index (χ1v) is 11.9. The molecule has 1 saturated heterocycles. The third-order valence-electron chi connectivity index (χ3n) is 5.92. The van der Waals surface area contributed by atoms with Gasteiger partial charge in [-0.1, -0.05) is 72.3 Å². The van der Waals surface area contributed by atoms with Gasteiger partial charge in [0, 0.05) is 49.9 Å². The van der Waals surface area contributed by atoms with Crippen LogP contribution in [0.25, 0.3) is 0 Å². The van der Waals surface area contributed by atoms with Gasteiger partial charge in [-0.05, 0) is 35.4 Å². The van der Waals surface area contributed by atoms with Gasteiger partial charge < -0.3 is 15.5 Å². The number of carbonyl (C=O) groups excluding carboxylic acids is 2. The lowest BCUT2D eigenvalue weighted by atomic mass is 10.0. The summed E-state index contributed by atoms with van der Waals surface area (Å²) in [7, 11) is 0. The molecule has 1 atom stereocenters. The van der Waals surface area contributed by atoms with E-state index in [0.29, 0.717) is 30.2 Å². The molecule has 0 saturated carbocycles. The molecule has 1 fully saturated rings. The van der Waals surface area contributed by atoms with Crippen LogP contribution in [0.15, 0.2) is 84.9 Å². The van der Waals surface area contributed by atoms with E-state index in [0.717, 1.165) is 25.2 Å². The Morgan fingerprint density at radius 2 is 1.38 bits per heavy atom. The maximum absolute atomic E-state index is 13.4. The highest BCUT2D eigenvalue weighted by Gasteiger charge is 2.29. The molecule has 2 N–H and O–H groups in total. The molecule has 3 aromatic carbocycles. The summed E-state index contributed by atoms with van der Waals surface area (Å²) in [5.74, 6) is -0.0607. The zero-order valence-electron chi connectivity index (χ0n) is 19.0. The lowest BCUT2D eigenvalue weighted by Crippen LogP contribution is -2.55. The van der Waals surface area contributed by atoms with E-state index in [2.05, 4.69) is 27.7 Å². The molecule has 0 radical (unpaired) electrons. The van der Waals surface area contributed by atoms with E-state index < -0.39 is 12.1 Å². The number of hydrogen-bond donors (Lipinski definition) is 2. The van der Waals surface area contributed by atoms with Gasteiger partial charge >= 0.3 is 6.03 Å². The Balaban J connectivity index is 1.38. The van der Waals surface area contributed by atoms with Crippen molar-refractivity contribution in [2.45, 2.75) is 19.0 Å². The monoisotopic (exact) mass is 476 g/mol. The van der Waals surface area contributed by atoms with Gasteiger partial charge in [-0.2, -0.15) is 0 Å². The fourth-order valence-electron chi connectivity index (χ4n) is 4.10. The summed E-state index contributed by atoms with van der Waals surface area (Å²) in [6, 6.07) is 25.9. The Hall–Kier alpha value is -3.35. The first-order valence-electron chi connectivity index (χ1n) is 11.5. The molecule has 4 rings (SSSR count). The molecule has 0 bridgehead atoms. The van der Waals surface area contributed by atoms with Gasteiger partial charge in [0.2, 0.25) is 5.91 Å². The van der Waals surface area contributed by atoms with Crippen LogP contribution in [0.3, 0.4) is 0 Å². The van der Waals surface area contributed by atoms with Crippen LogP contribution in [0.5, 0.6) is 0 Å². The van der Waals surface area contributed by atoms with Gasteiger partial charge in [0.05, 0.1) is 0 Å². The minimum absolute atomic E-state index is 0.0607. The summed E-state index contributed by atoms with van der Waals surface area (Å²) in [5, 5.41) is 6.27. The predicted molar refractivity (Wildman–Crippen MR) is 136 cm³/mol. The standard InChI is InChI=1S/C27H29ClN4O2/c28-23-11-13-24(14-12-23)29-27(34)30-25(19-21-7-3-1-4-8-21)26(33)32-17-15-31(16-18-32)20-22-9-5-2-6-10-22/h1-14,25H,15-20H2,(H2,29,30,34). The van der Waals surface area contributed by atoms with Crippen LogP contribution in [0.4, 0.5) is 10.5 Å². The third kappa shape index (κ3) is 6.83. The van der Waals surface area contributed by atoms with Gasteiger partial charge in [0.1, 0.15) is 6.04 Å². The number of piperazine rings is 1. The first-order chi connectivity index (χ1) is 16.6. The van der Waals surface area contributed by atoms with Gasteiger partial charge in [-0.15, -0.1) is 0 Å². The smallest absolute Gasteiger partial charge is 0.319 e. The number of amides is 3. The van der Waals surface area contributed by atoms with Crippen molar-refractivity contribution in [1.29, 1.82) is 0 Å². The number of urea groups is 1. The number of hydrogen-bond acceptors (Lipinski definition) is 3. The molecular formula is C27H29ClN4O2. The fraction of sp³-hybridized carbons (Fsp3) is 0.259. The maximum Gasteiger partial charge on any atom is 0.319 e. The van der Waals surface area contributed by atoms with E-state index in [1.54, 1.807) is 24.3 Å². The van der Waals surface area contributed by atoms with Crippen LogP contribution in [0.2, 0.25) is 5.02 Å². The lowest BCUT2D eigenvalue weighted by Gasteiger charge is -2.36. The molecule has 6 nitrogen and oxygen atoms in total. The van der Waals surface area contributed by atoms with Crippen molar-refractivity contribution >= 4 is 29.2 Å². The third-order valence-corrected chi connectivity index (χ3v) is 6.17. The number of nitrogens with one attached hydrogen (secondary N) is 2. The summed E-state index contributed by atoms with van der Waals surface area (Å²) in [6.45, 7) is 3.75. The van der Waals surface area contributed by atoms with Crippen LogP contribution < -0.4 is 10.6 Å². The molecule has 1 aliphatic heterocycles. The Morgan fingerprint density at radius 1 is 0.794 bits per heavy atom. The van der Waals surface area contributed by atoms with Crippen LogP contribution >= 0.6 is 11.6 Å². The van der Waals surface area contributed by atoms with E-state index in [1.807, 2.05) is 53.4 Å². The first kappa shape index (κ1) is 23.8. The summed E-state index contributed by atoms with van der Waals surface area (Å²) in [4.78, 5) is 30.4. The summed E-state index contributed by atoms with van der Waals surface area (Å²) >= 11 is 5.92. The number of anilines is 1. The van der Waals surface area contributed by atoms with Gasteiger partial charge in [0.15, 0.2) is 0 Å². The van der Waals surface area contributed by atoms with Gasteiger partial charge in [-0.3, -0.25) is 9.69 Å². The van der Waals surface area contributed by atoms with Crippen LogP contribution in [0, 0.1) is 0 Å². The molecule has 0 aliphatic carbocycles. The maximum atomic E-state index is 13.4. The van der Waals surface area contributed by atoms with E-state index in [4.69, 9.17) is 11.6 Å². The molecule has 3 aromatic rings. The molecule has 1 unspecified atom stereocenters. The summed E-state index contributed by atoms with van der Waals surface area (Å²) < 4.78 is 0. The molecular weight excluding hydrogens is 448 g/mol. The van der Waals surface area contributed by atoms with Crippen molar-refractivity contribution in [2.24, 2.45) is 0 Å². The van der Waals surface area contributed by atoms with E-state index in [-0.39, 0.29) is 5.91 Å². The normalized spacial score (nSPS) is 14.9. The minimum atomic E-state index is -0.657. The Morgan fingerprint density at radius 3 is 2.00 bits per heavy atom. The average molecular weight is 477 g/mol. The summed E-state index contributed by atoms with van der Waals surface area (Å²) in [6.07, 6.45) is 0.429. The van der Waals surface area contributed by atoms with E-state index >= 15 is 0 Å². The molecule has 0 spiro atoms. The van der Waals surface area contributed by atoms with Crippen molar-refractivity contribution in [3.05, 3.63) is 101 Å².